The third kappa shape index (κ3) is 2.46. The van der Waals surface area contributed by atoms with Gasteiger partial charge < -0.3 is 5.32 Å². The molecule has 0 aliphatic carbocycles. The number of thiazole rings is 1. The average Bonchev–Trinajstić information content (AvgIpc) is 2.88. The first-order valence-electron chi connectivity index (χ1n) is 6.04. The molecule has 0 amide bonds. The number of benzene rings is 2. The van der Waals surface area contributed by atoms with Gasteiger partial charge in [-0.25, -0.2) is 4.98 Å². The summed E-state index contributed by atoms with van der Waals surface area (Å²) in [5, 5.41) is 13.8. The number of nitrogens with zero attached hydrogens (tertiary/aromatic N) is 2. The van der Waals surface area contributed by atoms with Crippen molar-refractivity contribution in [3.8, 4) is 6.07 Å². The van der Waals surface area contributed by atoms with E-state index in [4.69, 9.17) is 11.6 Å². The fourth-order valence-electron chi connectivity index (χ4n) is 1.95. The van der Waals surface area contributed by atoms with Gasteiger partial charge in [0.2, 0.25) is 0 Å². The van der Waals surface area contributed by atoms with E-state index in [1.165, 1.54) is 11.3 Å². The summed E-state index contributed by atoms with van der Waals surface area (Å²) in [5.41, 5.74) is 1.69. The van der Waals surface area contributed by atoms with Crippen LogP contribution in [0.15, 0.2) is 48.5 Å². The minimum atomic E-state index is -0.510. The van der Waals surface area contributed by atoms with Crippen LogP contribution in [0.25, 0.3) is 10.2 Å². The molecule has 1 aromatic heterocycles. The van der Waals surface area contributed by atoms with Crippen molar-refractivity contribution in [1.82, 2.24) is 4.98 Å². The average molecular weight is 300 g/mol. The molecule has 98 valence electrons. The van der Waals surface area contributed by atoms with Crippen LogP contribution < -0.4 is 5.32 Å². The van der Waals surface area contributed by atoms with E-state index in [0.29, 0.717) is 5.02 Å². The van der Waals surface area contributed by atoms with Crippen molar-refractivity contribution in [2.24, 2.45) is 0 Å². The van der Waals surface area contributed by atoms with Gasteiger partial charge in [-0.3, -0.25) is 0 Å². The first kappa shape index (κ1) is 12.9. The maximum atomic E-state index is 9.35. The van der Waals surface area contributed by atoms with Crippen LogP contribution in [0.4, 0.5) is 5.13 Å². The number of halogens is 1. The fraction of sp³-hybridized carbons (Fsp3) is 0.0667. The Balaban J connectivity index is 1.92. The molecule has 0 aliphatic rings. The molecule has 5 heteroatoms. The molecule has 0 radical (unpaired) electrons. The molecule has 1 N–H and O–H groups in total. The minimum Gasteiger partial charge on any atom is -0.342 e. The van der Waals surface area contributed by atoms with E-state index in [2.05, 4.69) is 16.4 Å². The number of nitrogens with one attached hydrogen (secondary N) is 1. The topological polar surface area (TPSA) is 48.7 Å². The molecular formula is C15H10ClN3S. The smallest absolute Gasteiger partial charge is 0.185 e. The maximum Gasteiger partial charge on any atom is 0.185 e. The van der Waals surface area contributed by atoms with E-state index in [-0.39, 0.29) is 0 Å². The SMILES string of the molecule is N#C[C@@H](Nc1nc2ccccc2s1)c1ccccc1Cl. The molecule has 0 spiro atoms. The van der Waals surface area contributed by atoms with Crippen molar-refractivity contribution in [1.29, 1.82) is 5.26 Å². The first-order valence-corrected chi connectivity index (χ1v) is 7.23. The van der Waals surface area contributed by atoms with Gasteiger partial charge in [0.05, 0.1) is 16.3 Å². The molecule has 3 nitrogen and oxygen atoms in total. The number of aromatic nitrogens is 1. The van der Waals surface area contributed by atoms with Crippen molar-refractivity contribution in [2.45, 2.75) is 6.04 Å². The van der Waals surface area contributed by atoms with Crippen molar-refractivity contribution in [2.75, 3.05) is 5.32 Å². The summed E-state index contributed by atoms with van der Waals surface area (Å²) < 4.78 is 1.09. The largest absolute Gasteiger partial charge is 0.342 e. The molecule has 0 saturated carbocycles. The lowest BCUT2D eigenvalue weighted by Crippen LogP contribution is -2.08. The normalized spacial score (nSPS) is 12.0. The van der Waals surface area contributed by atoms with Crippen LogP contribution in [0, 0.1) is 11.3 Å². The highest BCUT2D eigenvalue weighted by molar-refractivity contribution is 7.22. The van der Waals surface area contributed by atoms with Gasteiger partial charge in [0.25, 0.3) is 0 Å². The number of hydrogen-bond acceptors (Lipinski definition) is 4. The van der Waals surface area contributed by atoms with Crippen molar-refractivity contribution < 1.29 is 0 Å². The molecule has 0 fully saturated rings. The van der Waals surface area contributed by atoms with E-state index in [1.807, 2.05) is 42.5 Å². The number of anilines is 1. The molecule has 0 saturated heterocycles. The minimum absolute atomic E-state index is 0.510. The summed E-state index contributed by atoms with van der Waals surface area (Å²) in [4.78, 5) is 4.47. The van der Waals surface area contributed by atoms with Gasteiger partial charge in [0.15, 0.2) is 5.13 Å². The second-order valence-corrected chi connectivity index (χ2v) is 5.65. The Labute approximate surface area is 125 Å². The van der Waals surface area contributed by atoms with Crippen LogP contribution in [0.2, 0.25) is 5.02 Å². The second kappa shape index (κ2) is 5.49. The lowest BCUT2D eigenvalue weighted by molar-refractivity contribution is 0.994. The van der Waals surface area contributed by atoms with Gasteiger partial charge in [-0.2, -0.15) is 5.26 Å². The van der Waals surface area contributed by atoms with E-state index >= 15 is 0 Å². The van der Waals surface area contributed by atoms with Gasteiger partial charge >= 0.3 is 0 Å². The van der Waals surface area contributed by atoms with Crippen molar-refractivity contribution >= 4 is 38.3 Å². The number of nitriles is 1. The molecular weight excluding hydrogens is 290 g/mol. The monoisotopic (exact) mass is 299 g/mol. The van der Waals surface area contributed by atoms with Gasteiger partial charge in [0, 0.05) is 10.6 Å². The Hall–Kier alpha value is -2.09. The van der Waals surface area contributed by atoms with Crippen LogP contribution in [0.1, 0.15) is 11.6 Å². The van der Waals surface area contributed by atoms with E-state index in [0.717, 1.165) is 20.9 Å². The third-order valence-electron chi connectivity index (χ3n) is 2.91. The Morgan fingerprint density at radius 3 is 2.65 bits per heavy atom. The first-order chi connectivity index (χ1) is 9.78. The maximum absolute atomic E-state index is 9.35. The molecule has 0 bridgehead atoms. The number of hydrogen-bond donors (Lipinski definition) is 1. The fourth-order valence-corrected chi connectivity index (χ4v) is 3.08. The number of para-hydroxylation sites is 1. The molecule has 0 unspecified atom stereocenters. The van der Waals surface area contributed by atoms with Gasteiger partial charge in [-0.05, 0) is 18.2 Å². The Kier molecular flexibility index (Phi) is 3.55. The zero-order valence-electron chi connectivity index (χ0n) is 10.4. The highest BCUT2D eigenvalue weighted by Crippen LogP contribution is 2.30. The molecule has 3 rings (SSSR count). The van der Waals surface area contributed by atoms with Gasteiger partial charge in [0.1, 0.15) is 6.04 Å². The van der Waals surface area contributed by atoms with E-state index in [9.17, 15) is 5.26 Å². The second-order valence-electron chi connectivity index (χ2n) is 4.21. The molecule has 1 atom stereocenters. The summed E-state index contributed by atoms with van der Waals surface area (Å²) in [6, 6.07) is 16.9. The summed E-state index contributed by atoms with van der Waals surface area (Å²) in [6.45, 7) is 0. The van der Waals surface area contributed by atoms with Crippen LogP contribution in [0.3, 0.4) is 0 Å². The summed E-state index contributed by atoms with van der Waals surface area (Å²) in [6.07, 6.45) is 0. The molecule has 0 aliphatic heterocycles. The predicted molar refractivity (Wildman–Crippen MR) is 83.0 cm³/mol. The number of fused-ring (bicyclic) bond motifs is 1. The standard InChI is InChI=1S/C15H10ClN3S/c16-11-6-2-1-5-10(11)13(9-17)19-15-18-12-7-3-4-8-14(12)20-15/h1-8,13H,(H,18,19)/t13-/m1/s1. The van der Waals surface area contributed by atoms with Crippen LogP contribution in [0.5, 0.6) is 0 Å². The highest BCUT2D eigenvalue weighted by Gasteiger charge is 2.15. The summed E-state index contributed by atoms with van der Waals surface area (Å²) >= 11 is 7.66. The highest BCUT2D eigenvalue weighted by atomic mass is 35.5. The quantitative estimate of drug-likeness (QED) is 0.767. The lowest BCUT2D eigenvalue weighted by Gasteiger charge is -2.11. The lowest BCUT2D eigenvalue weighted by atomic mass is 10.1. The van der Waals surface area contributed by atoms with Crippen molar-refractivity contribution in [3.05, 3.63) is 59.1 Å². The van der Waals surface area contributed by atoms with E-state index < -0.39 is 6.04 Å². The molecule has 1 heterocycles. The summed E-state index contributed by atoms with van der Waals surface area (Å²) in [7, 11) is 0. The zero-order valence-corrected chi connectivity index (χ0v) is 11.9. The van der Waals surface area contributed by atoms with Gasteiger partial charge in [-0.1, -0.05) is 53.3 Å². The van der Waals surface area contributed by atoms with Crippen molar-refractivity contribution in [3.63, 3.8) is 0 Å². The molecule has 20 heavy (non-hydrogen) atoms. The summed E-state index contributed by atoms with van der Waals surface area (Å²) in [5.74, 6) is 0. The Morgan fingerprint density at radius 2 is 1.90 bits per heavy atom. The zero-order chi connectivity index (χ0) is 13.9. The van der Waals surface area contributed by atoms with Gasteiger partial charge in [-0.15, -0.1) is 0 Å². The predicted octanol–water partition coefficient (Wildman–Crippen LogP) is 4.63. The molecule has 2 aromatic carbocycles. The van der Waals surface area contributed by atoms with Crippen LogP contribution in [-0.2, 0) is 0 Å². The molecule has 3 aromatic rings. The Morgan fingerprint density at radius 1 is 1.15 bits per heavy atom. The Bertz CT molecular complexity index is 758. The van der Waals surface area contributed by atoms with E-state index in [1.54, 1.807) is 6.07 Å². The third-order valence-corrected chi connectivity index (χ3v) is 4.22. The number of rotatable bonds is 3. The van der Waals surface area contributed by atoms with Crippen LogP contribution >= 0.6 is 22.9 Å². The van der Waals surface area contributed by atoms with Crippen LogP contribution in [-0.4, -0.2) is 4.98 Å².